The summed E-state index contributed by atoms with van der Waals surface area (Å²) in [6, 6.07) is 12.3. The van der Waals surface area contributed by atoms with E-state index in [9.17, 15) is 13.2 Å². The van der Waals surface area contributed by atoms with Crippen LogP contribution >= 0.6 is 0 Å². The van der Waals surface area contributed by atoms with E-state index < -0.39 is 11.7 Å². The Hall–Kier alpha value is -2.07. The van der Waals surface area contributed by atoms with Crippen molar-refractivity contribution < 1.29 is 13.2 Å². The summed E-state index contributed by atoms with van der Waals surface area (Å²) < 4.78 is 39.5. The molecule has 0 radical (unpaired) electrons. The zero-order valence-electron chi connectivity index (χ0n) is 13.2. The topological polar surface area (TPSA) is 26.0 Å². The van der Waals surface area contributed by atoms with Crippen LogP contribution in [-0.4, -0.2) is 6.04 Å². The fraction of sp³-hybridized carbons (Fsp3) is 0.300. The maximum absolute atomic E-state index is 13.2. The molecule has 124 valence electrons. The molecule has 1 atom stereocenters. The minimum absolute atomic E-state index is 0.0106. The van der Waals surface area contributed by atoms with Gasteiger partial charge in [0, 0.05) is 6.04 Å². The van der Waals surface area contributed by atoms with E-state index in [1.807, 2.05) is 12.1 Å². The van der Waals surface area contributed by atoms with Gasteiger partial charge in [0.25, 0.3) is 0 Å². The molecule has 2 aromatic rings. The molecule has 0 saturated heterocycles. The molecule has 2 aromatic carbocycles. The maximum Gasteiger partial charge on any atom is 0.416 e. The van der Waals surface area contributed by atoms with Gasteiger partial charge in [0.05, 0.1) is 5.56 Å². The summed E-state index contributed by atoms with van der Waals surface area (Å²) >= 11 is 0. The van der Waals surface area contributed by atoms with Crippen LogP contribution in [0.5, 0.6) is 0 Å². The summed E-state index contributed by atoms with van der Waals surface area (Å²) in [5, 5.41) is 0. The van der Waals surface area contributed by atoms with Crippen molar-refractivity contribution in [2.75, 3.05) is 0 Å². The summed E-state index contributed by atoms with van der Waals surface area (Å²) in [7, 11) is 0. The summed E-state index contributed by atoms with van der Waals surface area (Å²) in [6.07, 6.45) is -1.33. The van der Waals surface area contributed by atoms with Crippen molar-refractivity contribution in [1.29, 1.82) is 0 Å². The van der Waals surface area contributed by atoms with Gasteiger partial charge in [0.1, 0.15) is 0 Å². The number of allylic oxidation sites excluding steroid dienone is 1. The molecule has 0 aliphatic heterocycles. The zero-order valence-corrected chi connectivity index (χ0v) is 13.2. The lowest BCUT2D eigenvalue weighted by Gasteiger charge is -2.26. The van der Waals surface area contributed by atoms with Crippen LogP contribution in [0.15, 0.2) is 42.5 Å². The molecule has 24 heavy (non-hydrogen) atoms. The quantitative estimate of drug-likeness (QED) is 0.720. The molecular weight excluding hydrogens is 311 g/mol. The Labute approximate surface area is 139 Å². The van der Waals surface area contributed by atoms with Crippen LogP contribution in [0.3, 0.4) is 0 Å². The SMILES string of the molecule is NC1CCC2=C(C1)c1cc(C(F)(F)F)ccc1Cc1ccccc12. The molecule has 1 nitrogen and oxygen atoms in total. The molecule has 2 aliphatic carbocycles. The standard InChI is InChI=1S/C20H18F3N/c21-20(22,23)14-6-5-13-9-12-3-1-2-4-16(12)17-8-7-15(24)11-19(17)18(13)10-14/h1-6,10,15H,7-9,11,24H2. The number of hydrogen-bond donors (Lipinski definition) is 1. The molecule has 1 unspecified atom stereocenters. The van der Waals surface area contributed by atoms with Gasteiger partial charge < -0.3 is 5.73 Å². The van der Waals surface area contributed by atoms with Crippen LogP contribution in [0.4, 0.5) is 13.2 Å². The van der Waals surface area contributed by atoms with E-state index in [0.717, 1.165) is 29.5 Å². The van der Waals surface area contributed by atoms with Gasteiger partial charge in [-0.2, -0.15) is 13.2 Å². The van der Waals surface area contributed by atoms with Gasteiger partial charge in [-0.25, -0.2) is 0 Å². The fourth-order valence-electron chi connectivity index (χ4n) is 3.90. The normalized spacial score (nSPS) is 20.1. The van der Waals surface area contributed by atoms with Crippen LogP contribution in [0, 0.1) is 0 Å². The number of nitrogens with two attached hydrogens (primary N) is 1. The maximum atomic E-state index is 13.2. The lowest BCUT2D eigenvalue weighted by atomic mass is 9.81. The van der Waals surface area contributed by atoms with Crippen LogP contribution in [0.2, 0.25) is 0 Å². The first-order valence-electron chi connectivity index (χ1n) is 8.20. The van der Waals surface area contributed by atoms with Crippen LogP contribution in [0.25, 0.3) is 11.1 Å². The molecule has 0 heterocycles. The van der Waals surface area contributed by atoms with E-state index in [1.165, 1.54) is 28.8 Å². The van der Waals surface area contributed by atoms with Gasteiger partial charge in [-0.15, -0.1) is 0 Å². The minimum atomic E-state index is -4.33. The van der Waals surface area contributed by atoms with E-state index in [-0.39, 0.29) is 6.04 Å². The Kier molecular flexibility index (Phi) is 3.53. The Morgan fingerprint density at radius 1 is 0.917 bits per heavy atom. The molecule has 0 fully saturated rings. The number of fused-ring (bicyclic) bond motifs is 4. The van der Waals surface area contributed by atoms with Crippen LogP contribution in [0.1, 0.15) is 47.1 Å². The Balaban J connectivity index is 1.98. The molecule has 0 saturated carbocycles. The van der Waals surface area contributed by atoms with Gasteiger partial charge in [-0.1, -0.05) is 30.3 Å². The number of alkyl halides is 3. The molecule has 0 spiro atoms. The Morgan fingerprint density at radius 2 is 1.67 bits per heavy atom. The molecule has 0 amide bonds. The third-order valence-electron chi connectivity index (χ3n) is 5.08. The zero-order chi connectivity index (χ0) is 16.9. The summed E-state index contributed by atoms with van der Waals surface area (Å²) in [5.74, 6) is 0. The largest absolute Gasteiger partial charge is 0.416 e. The van der Waals surface area contributed by atoms with Crippen LogP contribution < -0.4 is 5.73 Å². The van der Waals surface area contributed by atoms with E-state index in [4.69, 9.17) is 5.73 Å². The van der Waals surface area contributed by atoms with E-state index in [0.29, 0.717) is 12.8 Å². The number of hydrogen-bond acceptors (Lipinski definition) is 1. The molecule has 4 heteroatoms. The lowest BCUT2D eigenvalue weighted by Crippen LogP contribution is -2.24. The highest BCUT2D eigenvalue weighted by Crippen LogP contribution is 2.44. The highest BCUT2D eigenvalue weighted by Gasteiger charge is 2.33. The monoisotopic (exact) mass is 329 g/mol. The van der Waals surface area contributed by atoms with Gasteiger partial charge in [-0.05, 0) is 71.2 Å². The molecule has 0 bridgehead atoms. The first-order valence-corrected chi connectivity index (χ1v) is 8.20. The van der Waals surface area contributed by atoms with Crippen molar-refractivity contribution in [3.05, 3.63) is 70.3 Å². The van der Waals surface area contributed by atoms with Gasteiger partial charge in [-0.3, -0.25) is 0 Å². The van der Waals surface area contributed by atoms with Crippen molar-refractivity contribution in [2.45, 2.75) is 37.9 Å². The second kappa shape index (κ2) is 5.49. The lowest BCUT2D eigenvalue weighted by molar-refractivity contribution is -0.137. The Morgan fingerprint density at radius 3 is 2.46 bits per heavy atom. The van der Waals surface area contributed by atoms with Crippen LogP contribution in [-0.2, 0) is 12.6 Å². The van der Waals surface area contributed by atoms with Gasteiger partial charge in [0.2, 0.25) is 0 Å². The number of rotatable bonds is 0. The number of halogens is 3. The summed E-state index contributed by atoms with van der Waals surface area (Å²) in [4.78, 5) is 0. The molecule has 2 N–H and O–H groups in total. The van der Waals surface area contributed by atoms with Crippen molar-refractivity contribution >= 4 is 11.1 Å². The van der Waals surface area contributed by atoms with Crippen molar-refractivity contribution in [3.8, 4) is 0 Å². The third kappa shape index (κ3) is 2.55. The average Bonchev–Trinajstić information content (AvgIpc) is 2.67. The first-order chi connectivity index (χ1) is 11.4. The van der Waals surface area contributed by atoms with Crippen molar-refractivity contribution in [3.63, 3.8) is 0 Å². The van der Waals surface area contributed by atoms with Crippen molar-refractivity contribution in [1.82, 2.24) is 0 Å². The second-order valence-corrected chi connectivity index (χ2v) is 6.66. The smallest absolute Gasteiger partial charge is 0.327 e. The highest BCUT2D eigenvalue weighted by atomic mass is 19.4. The van der Waals surface area contributed by atoms with E-state index >= 15 is 0 Å². The minimum Gasteiger partial charge on any atom is -0.327 e. The Bertz CT molecular complexity index is 833. The highest BCUT2D eigenvalue weighted by molar-refractivity contribution is 5.95. The van der Waals surface area contributed by atoms with Crippen molar-refractivity contribution in [2.24, 2.45) is 5.73 Å². The molecule has 2 aliphatic rings. The predicted octanol–water partition coefficient (Wildman–Crippen LogP) is 5.03. The third-order valence-corrected chi connectivity index (χ3v) is 5.08. The molecule has 4 rings (SSSR count). The second-order valence-electron chi connectivity index (χ2n) is 6.66. The van der Waals surface area contributed by atoms with Gasteiger partial charge in [0.15, 0.2) is 0 Å². The number of benzene rings is 2. The molecule has 0 aromatic heterocycles. The van der Waals surface area contributed by atoms with E-state index in [2.05, 4.69) is 12.1 Å². The first kappa shape index (κ1) is 15.5. The summed E-state index contributed by atoms with van der Waals surface area (Å²) in [5.41, 5.74) is 11.8. The van der Waals surface area contributed by atoms with Gasteiger partial charge >= 0.3 is 6.18 Å². The van der Waals surface area contributed by atoms with E-state index in [1.54, 1.807) is 6.07 Å². The predicted molar refractivity (Wildman–Crippen MR) is 89.3 cm³/mol. The molecular formula is C20H18F3N. The summed E-state index contributed by atoms with van der Waals surface area (Å²) in [6.45, 7) is 0. The average molecular weight is 329 g/mol. The fourth-order valence-corrected chi connectivity index (χ4v) is 3.90.